The molecule has 2 heteroatoms. The van der Waals surface area contributed by atoms with Gasteiger partial charge in [-0.05, 0) is 0 Å². The van der Waals surface area contributed by atoms with Gasteiger partial charge in [0.05, 0.1) is 0 Å². The van der Waals surface area contributed by atoms with Crippen LogP contribution in [0.2, 0.25) is 22.5 Å². The Morgan fingerprint density at radius 2 is 1.18 bits per heavy atom. The topological polar surface area (TPSA) is 0 Å². The summed E-state index contributed by atoms with van der Waals surface area (Å²) in [6, 6.07) is 38.6. The number of hydrogen-bond acceptors (Lipinski definition) is 0. The molecule has 0 amide bonds. The van der Waals surface area contributed by atoms with Gasteiger partial charge in [0, 0.05) is 0 Å². The Kier molecular flexibility index (Phi) is 6.28. The number of rotatable bonds is 5. The molecule has 4 aromatic rings. The van der Waals surface area contributed by atoms with Crippen LogP contribution in [-0.2, 0) is 17.7 Å². The van der Waals surface area contributed by atoms with Crippen molar-refractivity contribution in [1.82, 2.24) is 0 Å². The Morgan fingerprint density at radius 3 is 1.82 bits per heavy atom. The van der Waals surface area contributed by atoms with Gasteiger partial charge in [-0.25, -0.2) is 0 Å². The van der Waals surface area contributed by atoms with Crippen LogP contribution in [0.25, 0.3) is 28.3 Å². The first-order chi connectivity index (χ1) is 18.2. The van der Waals surface area contributed by atoms with Gasteiger partial charge in [0.15, 0.2) is 0 Å². The van der Waals surface area contributed by atoms with Gasteiger partial charge >= 0.3 is 232 Å². The first kappa shape index (κ1) is 25.7. The van der Waals surface area contributed by atoms with Crippen LogP contribution in [0.3, 0.4) is 0 Å². The predicted molar refractivity (Wildman–Crippen MR) is 167 cm³/mol. The summed E-state index contributed by atoms with van der Waals surface area (Å²) in [5, 5.41) is 0. The van der Waals surface area contributed by atoms with Crippen molar-refractivity contribution < 1.29 is 17.7 Å². The summed E-state index contributed by atoms with van der Waals surface area (Å²) in [7, 11) is 0. The molecule has 191 valence electrons. The molecule has 0 spiro atoms. The molecule has 0 aliphatic heterocycles. The van der Waals surface area contributed by atoms with Gasteiger partial charge in [0.1, 0.15) is 0 Å². The second-order valence-corrected chi connectivity index (χ2v) is 64.7. The molecule has 0 N–H and O–H groups in total. The fraction of sp³-hybridized carbons (Fsp3) is 0.222. The van der Waals surface area contributed by atoms with Crippen molar-refractivity contribution in [3.63, 3.8) is 0 Å². The summed E-state index contributed by atoms with van der Waals surface area (Å²) in [5.41, 5.74) is 13.3. The monoisotopic (exact) mass is 679 g/mol. The number of fused-ring (bicyclic) bond motifs is 2. The van der Waals surface area contributed by atoms with Crippen molar-refractivity contribution in [3.05, 3.63) is 134 Å². The van der Waals surface area contributed by atoms with E-state index in [1.165, 1.54) is 27.8 Å². The molecule has 0 saturated heterocycles. The standard InChI is InChI=1S/C21H15.C11H11.C2H7Si.2CH3.Hf/c1-3-8-16(9-4-1)19-14-18-12-7-13-20(21(18)15-19)17-10-5-2-6-11-17;1-8-7-9(2)11-6-4-3-5-10(8)11;1-3-2;;;/h1-15H;3-6,8H,1-2H3;3H,1-2H3;2*1H3;. The maximum atomic E-state index is 2.85. The Morgan fingerprint density at radius 1 is 0.632 bits per heavy atom. The zero-order chi connectivity index (χ0) is 26.7. The van der Waals surface area contributed by atoms with E-state index in [2.05, 4.69) is 146 Å². The molecule has 0 aromatic heterocycles. The molecular formula is C36H39HfSi. The summed E-state index contributed by atoms with van der Waals surface area (Å²) in [4.78, 5) is 0. The van der Waals surface area contributed by atoms with E-state index in [4.69, 9.17) is 0 Å². The van der Waals surface area contributed by atoms with Gasteiger partial charge in [-0.1, -0.05) is 0 Å². The van der Waals surface area contributed by atoms with Crippen molar-refractivity contribution in [2.45, 2.75) is 45.9 Å². The normalized spacial score (nSPS) is 19.7. The van der Waals surface area contributed by atoms with Crippen LogP contribution < -0.4 is 0 Å². The molecule has 4 aromatic carbocycles. The van der Waals surface area contributed by atoms with Gasteiger partial charge in [-0.2, -0.15) is 0 Å². The van der Waals surface area contributed by atoms with E-state index in [1.54, 1.807) is 22.3 Å². The fourth-order valence-corrected chi connectivity index (χ4v) is 50.0. The van der Waals surface area contributed by atoms with Gasteiger partial charge < -0.3 is 0 Å². The molecule has 2 aliphatic rings. The molecule has 2 unspecified atom stereocenters. The molecule has 6 rings (SSSR count). The zero-order valence-electron chi connectivity index (χ0n) is 23.6. The van der Waals surface area contributed by atoms with Crippen molar-refractivity contribution in [2.75, 3.05) is 0 Å². The van der Waals surface area contributed by atoms with Crippen molar-refractivity contribution in [3.8, 4) is 11.1 Å². The van der Waals surface area contributed by atoms with E-state index in [9.17, 15) is 0 Å². The zero-order valence-corrected chi connectivity index (χ0v) is 28.4. The Hall–Kier alpha value is -2.55. The summed E-state index contributed by atoms with van der Waals surface area (Å²) in [6.45, 7) is 10.3. The first-order valence-corrected chi connectivity index (χ1v) is 34.3. The average molecular weight is 678 g/mol. The van der Waals surface area contributed by atoms with E-state index < -0.39 is 23.7 Å². The Bertz CT molecular complexity index is 1590. The molecule has 0 saturated carbocycles. The average Bonchev–Trinajstić information content (AvgIpc) is 3.46. The Balaban J connectivity index is 1.67. The van der Waals surface area contributed by atoms with Crippen molar-refractivity contribution >= 4 is 23.2 Å². The van der Waals surface area contributed by atoms with Crippen LogP contribution in [0.4, 0.5) is 0 Å². The minimum atomic E-state index is -3.87. The molecule has 2 aliphatic carbocycles. The third-order valence-corrected chi connectivity index (χ3v) is 75.2. The fourth-order valence-electron chi connectivity index (χ4n) is 8.03. The van der Waals surface area contributed by atoms with E-state index >= 15 is 0 Å². The molecule has 0 radical (unpaired) electrons. The second kappa shape index (κ2) is 9.28. The van der Waals surface area contributed by atoms with Gasteiger partial charge in [-0.15, -0.1) is 0 Å². The van der Waals surface area contributed by atoms with Crippen LogP contribution in [-0.4, -0.2) is 5.98 Å². The SMILES string of the molecule is CC1=[C]([Hf]([CH3])([CH3])([CH]2C(c3ccccc3)=Cc3c(-c4ccccc4)cccc32)[SiH](C)C)C(C)c2ccccc21. The van der Waals surface area contributed by atoms with Crippen LogP contribution in [0.1, 0.15) is 51.3 Å². The van der Waals surface area contributed by atoms with E-state index in [-0.39, 0.29) is 0 Å². The minimum absolute atomic E-state index is 0.501. The van der Waals surface area contributed by atoms with Gasteiger partial charge in [-0.3, -0.25) is 0 Å². The summed E-state index contributed by atoms with van der Waals surface area (Å²) < 4.78 is 8.07. The van der Waals surface area contributed by atoms with E-state index in [0.29, 0.717) is 9.59 Å². The molecule has 2 atom stereocenters. The van der Waals surface area contributed by atoms with E-state index in [0.717, 1.165) is 0 Å². The van der Waals surface area contributed by atoms with Crippen LogP contribution in [0.5, 0.6) is 0 Å². The van der Waals surface area contributed by atoms with Crippen molar-refractivity contribution in [1.29, 1.82) is 0 Å². The molecular weight excluding hydrogens is 639 g/mol. The third-order valence-electron chi connectivity index (χ3n) is 10.4. The van der Waals surface area contributed by atoms with Gasteiger partial charge in [0.2, 0.25) is 0 Å². The molecule has 0 fully saturated rings. The predicted octanol–water partition coefficient (Wildman–Crippen LogP) is 10.3. The number of hydrogen-bond donors (Lipinski definition) is 0. The maximum absolute atomic E-state index is 3.87. The number of benzene rings is 4. The van der Waals surface area contributed by atoms with Crippen LogP contribution in [0.15, 0.2) is 106 Å². The first-order valence-electron chi connectivity index (χ1n) is 14.2. The van der Waals surface area contributed by atoms with Crippen molar-refractivity contribution in [2.24, 2.45) is 0 Å². The van der Waals surface area contributed by atoms with Gasteiger partial charge in [0.25, 0.3) is 0 Å². The van der Waals surface area contributed by atoms with Crippen LogP contribution >= 0.6 is 0 Å². The number of allylic oxidation sites excluding steroid dienone is 3. The second-order valence-electron chi connectivity index (χ2n) is 12.7. The molecule has 0 bridgehead atoms. The van der Waals surface area contributed by atoms with Crippen LogP contribution in [0, 0.1) is 0 Å². The summed E-state index contributed by atoms with van der Waals surface area (Å²) >= 11 is -3.87. The van der Waals surface area contributed by atoms with E-state index in [1.807, 2.05) is 3.33 Å². The third kappa shape index (κ3) is 3.63. The quantitative estimate of drug-likeness (QED) is 0.185. The summed E-state index contributed by atoms with van der Waals surface area (Å²) in [6.07, 6.45) is 2.58. The molecule has 0 heterocycles. The summed E-state index contributed by atoms with van der Waals surface area (Å²) in [5.74, 6) is -0.615. The Labute approximate surface area is 230 Å². The molecule has 38 heavy (non-hydrogen) atoms. The molecule has 0 nitrogen and oxygen atoms in total.